The summed E-state index contributed by atoms with van der Waals surface area (Å²) in [5, 5.41) is 17.0. The van der Waals surface area contributed by atoms with Crippen LogP contribution in [0.4, 0.5) is 0 Å². The number of hydrogen-bond acceptors (Lipinski definition) is 5. The van der Waals surface area contributed by atoms with Gasteiger partial charge in [0.2, 0.25) is 5.16 Å². The largest absolute Gasteiger partial charge is 0.312 e. The van der Waals surface area contributed by atoms with Crippen molar-refractivity contribution in [3.63, 3.8) is 0 Å². The Morgan fingerprint density at radius 2 is 2.33 bits per heavy atom. The lowest BCUT2D eigenvalue weighted by atomic mass is 10.1. The van der Waals surface area contributed by atoms with Gasteiger partial charge in [-0.15, -0.1) is 5.10 Å². The Balaban J connectivity index is 1.52. The molecule has 2 aliphatic rings. The van der Waals surface area contributed by atoms with E-state index in [-0.39, 0.29) is 0 Å². The molecule has 1 saturated carbocycles. The van der Waals surface area contributed by atoms with E-state index < -0.39 is 0 Å². The smallest absolute Gasteiger partial charge is 0.209 e. The maximum Gasteiger partial charge on any atom is 0.209 e. The minimum atomic E-state index is 0.542. The summed E-state index contributed by atoms with van der Waals surface area (Å²) in [6, 6.07) is 0.749. The molecule has 0 aliphatic heterocycles. The number of allylic oxidation sites excluding steroid dienone is 1. The van der Waals surface area contributed by atoms with Crippen molar-refractivity contribution < 1.29 is 0 Å². The minimum absolute atomic E-state index is 0.542. The van der Waals surface area contributed by atoms with Crippen molar-refractivity contribution in [2.45, 2.75) is 55.1 Å². The van der Waals surface area contributed by atoms with E-state index in [2.05, 4.69) is 33.0 Å². The Kier molecular flexibility index (Phi) is 3.95. The molecule has 18 heavy (non-hydrogen) atoms. The Morgan fingerprint density at radius 3 is 3.11 bits per heavy atom. The molecular weight excluding hydrogens is 246 g/mol. The number of thioether (sulfide) groups is 1. The SMILES string of the molecule is C1=CC(Sc2nnnn2CCNC2CC2)CCC1. The molecule has 0 amide bonds. The van der Waals surface area contributed by atoms with Gasteiger partial charge in [0.15, 0.2) is 0 Å². The molecule has 5 nitrogen and oxygen atoms in total. The fraction of sp³-hybridized carbons (Fsp3) is 0.750. The molecule has 0 radical (unpaired) electrons. The summed E-state index contributed by atoms with van der Waals surface area (Å²) in [5.41, 5.74) is 0. The molecule has 1 aromatic rings. The van der Waals surface area contributed by atoms with Crippen LogP contribution in [0.2, 0.25) is 0 Å². The first-order chi connectivity index (χ1) is 8.92. The van der Waals surface area contributed by atoms with Crippen LogP contribution >= 0.6 is 11.8 Å². The lowest BCUT2D eigenvalue weighted by Gasteiger charge is -2.14. The molecule has 0 spiro atoms. The lowest BCUT2D eigenvalue weighted by Crippen LogP contribution is -2.22. The van der Waals surface area contributed by atoms with E-state index in [4.69, 9.17) is 0 Å². The van der Waals surface area contributed by atoms with Crippen molar-refractivity contribution in [3.8, 4) is 0 Å². The van der Waals surface area contributed by atoms with Crippen LogP contribution in [0, 0.1) is 0 Å². The van der Waals surface area contributed by atoms with Gasteiger partial charge in [-0.3, -0.25) is 0 Å². The number of nitrogens with zero attached hydrogens (tertiary/aromatic N) is 4. The Labute approximate surface area is 111 Å². The average Bonchev–Trinajstić information content (AvgIpc) is 3.12. The fourth-order valence-electron chi connectivity index (χ4n) is 2.10. The van der Waals surface area contributed by atoms with Gasteiger partial charge in [0, 0.05) is 17.8 Å². The van der Waals surface area contributed by atoms with Gasteiger partial charge >= 0.3 is 0 Å². The summed E-state index contributed by atoms with van der Waals surface area (Å²) in [6.07, 6.45) is 10.9. The minimum Gasteiger partial charge on any atom is -0.312 e. The van der Waals surface area contributed by atoms with Crippen LogP contribution in [-0.2, 0) is 6.54 Å². The average molecular weight is 265 g/mol. The summed E-state index contributed by atoms with van der Waals surface area (Å²) < 4.78 is 1.92. The van der Waals surface area contributed by atoms with Crippen molar-refractivity contribution in [3.05, 3.63) is 12.2 Å². The summed E-state index contributed by atoms with van der Waals surface area (Å²) >= 11 is 1.78. The molecule has 6 heteroatoms. The monoisotopic (exact) mass is 265 g/mol. The predicted octanol–water partition coefficient (Wildman–Crippen LogP) is 1.63. The first-order valence-electron chi connectivity index (χ1n) is 6.75. The van der Waals surface area contributed by atoms with Gasteiger partial charge in [-0.25, -0.2) is 4.68 Å². The summed E-state index contributed by atoms with van der Waals surface area (Å²) in [7, 11) is 0. The van der Waals surface area contributed by atoms with Gasteiger partial charge in [-0.1, -0.05) is 23.9 Å². The molecular formula is C12H19N5S. The molecule has 3 rings (SSSR count). The third-order valence-electron chi connectivity index (χ3n) is 3.30. The van der Waals surface area contributed by atoms with E-state index in [1.807, 2.05) is 4.68 Å². The molecule has 1 aromatic heterocycles. The lowest BCUT2D eigenvalue weighted by molar-refractivity contribution is 0.509. The van der Waals surface area contributed by atoms with E-state index in [0.29, 0.717) is 5.25 Å². The molecule has 1 unspecified atom stereocenters. The number of nitrogens with one attached hydrogen (secondary N) is 1. The van der Waals surface area contributed by atoms with E-state index in [1.54, 1.807) is 11.8 Å². The van der Waals surface area contributed by atoms with E-state index in [0.717, 1.165) is 24.3 Å². The molecule has 1 heterocycles. The van der Waals surface area contributed by atoms with Crippen LogP contribution in [-0.4, -0.2) is 38.0 Å². The van der Waals surface area contributed by atoms with Crippen molar-refractivity contribution in [2.24, 2.45) is 0 Å². The Hall–Kier alpha value is -0.880. The zero-order valence-corrected chi connectivity index (χ0v) is 11.3. The number of rotatable bonds is 6. The van der Waals surface area contributed by atoms with Gasteiger partial charge in [-0.2, -0.15) is 0 Å². The normalized spacial score (nSPS) is 23.4. The quantitative estimate of drug-likeness (QED) is 0.792. The second kappa shape index (κ2) is 5.84. The zero-order chi connectivity index (χ0) is 12.2. The summed E-state index contributed by atoms with van der Waals surface area (Å²) in [6.45, 7) is 1.83. The van der Waals surface area contributed by atoms with Crippen LogP contribution in [0.5, 0.6) is 0 Å². The topological polar surface area (TPSA) is 55.6 Å². The molecule has 1 fully saturated rings. The molecule has 0 saturated heterocycles. The van der Waals surface area contributed by atoms with Gasteiger partial charge in [-0.05, 0) is 42.5 Å². The van der Waals surface area contributed by atoms with Crippen LogP contribution in [0.15, 0.2) is 17.3 Å². The molecule has 2 aliphatic carbocycles. The zero-order valence-electron chi connectivity index (χ0n) is 10.5. The highest BCUT2D eigenvalue weighted by Crippen LogP contribution is 2.28. The Morgan fingerprint density at radius 1 is 1.39 bits per heavy atom. The molecule has 0 bridgehead atoms. The van der Waals surface area contributed by atoms with Gasteiger partial charge < -0.3 is 5.32 Å². The van der Waals surface area contributed by atoms with Crippen molar-refractivity contribution in [1.82, 2.24) is 25.5 Å². The van der Waals surface area contributed by atoms with Crippen molar-refractivity contribution in [1.29, 1.82) is 0 Å². The van der Waals surface area contributed by atoms with Crippen LogP contribution < -0.4 is 5.32 Å². The van der Waals surface area contributed by atoms with Gasteiger partial charge in [0.05, 0.1) is 6.54 Å². The third kappa shape index (κ3) is 3.32. The first-order valence-corrected chi connectivity index (χ1v) is 7.62. The van der Waals surface area contributed by atoms with Crippen LogP contribution in [0.1, 0.15) is 32.1 Å². The molecule has 1 N–H and O–H groups in total. The van der Waals surface area contributed by atoms with Crippen molar-refractivity contribution in [2.75, 3.05) is 6.54 Å². The highest BCUT2D eigenvalue weighted by Gasteiger charge is 2.20. The second-order valence-electron chi connectivity index (χ2n) is 4.93. The number of aromatic nitrogens is 4. The standard InChI is InChI=1S/C12H19N5S/c1-2-4-11(5-3-1)18-12-14-15-16-17(12)9-8-13-10-6-7-10/h2,4,10-11,13H,1,3,5-9H2. The number of hydrogen-bond donors (Lipinski definition) is 1. The highest BCUT2D eigenvalue weighted by atomic mass is 32.2. The summed E-state index contributed by atoms with van der Waals surface area (Å²) in [5.74, 6) is 0. The van der Waals surface area contributed by atoms with Crippen LogP contribution in [0.25, 0.3) is 0 Å². The maximum atomic E-state index is 4.13. The van der Waals surface area contributed by atoms with Crippen LogP contribution in [0.3, 0.4) is 0 Å². The predicted molar refractivity (Wildman–Crippen MR) is 71.5 cm³/mol. The first kappa shape index (κ1) is 12.2. The Bertz CT molecular complexity index is 412. The van der Waals surface area contributed by atoms with Gasteiger partial charge in [0.25, 0.3) is 0 Å². The van der Waals surface area contributed by atoms with E-state index >= 15 is 0 Å². The van der Waals surface area contributed by atoms with Crippen molar-refractivity contribution >= 4 is 11.8 Å². The maximum absolute atomic E-state index is 4.13. The fourth-order valence-corrected chi connectivity index (χ4v) is 3.18. The van der Waals surface area contributed by atoms with Gasteiger partial charge in [0.1, 0.15) is 0 Å². The van der Waals surface area contributed by atoms with E-state index in [9.17, 15) is 0 Å². The molecule has 98 valence electrons. The summed E-state index contributed by atoms with van der Waals surface area (Å²) in [4.78, 5) is 0. The highest BCUT2D eigenvalue weighted by molar-refractivity contribution is 7.99. The van der Waals surface area contributed by atoms with E-state index in [1.165, 1.54) is 32.1 Å². The second-order valence-corrected chi connectivity index (χ2v) is 6.13. The number of tetrazole rings is 1. The third-order valence-corrected chi connectivity index (χ3v) is 4.50. The molecule has 0 aromatic carbocycles. The molecule has 1 atom stereocenters.